The molecule has 1 aromatic heterocycles. The molecule has 0 fully saturated rings. The van der Waals surface area contributed by atoms with Crippen molar-refractivity contribution >= 4 is 43.2 Å². The number of rotatable bonds is 15. The fraction of sp³-hybridized carbons (Fsp3) is 0.667. The Hall–Kier alpha value is -0.866. The molecule has 0 aliphatic heterocycles. The topological polar surface area (TPSA) is 48.4 Å². The molecule has 31 heavy (non-hydrogen) atoms. The first-order valence-corrected chi connectivity index (χ1v) is 16.5. The van der Waals surface area contributed by atoms with Crippen LogP contribution in [0.1, 0.15) is 71.0 Å². The van der Waals surface area contributed by atoms with Crippen molar-refractivity contribution in [2.75, 3.05) is 0 Å². The molecule has 2 atom stereocenters. The average molecular weight is 482 g/mol. The molecule has 1 rings (SSSR count). The summed E-state index contributed by atoms with van der Waals surface area (Å²) < 4.78 is 12.4. The molecular weight excluding hydrogens is 439 g/mol. The second-order valence-corrected chi connectivity index (χ2v) is 12.0. The highest BCUT2D eigenvalue weighted by Gasteiger charge is 2.38. The van der Waals surface area contributed by atoms with Gasteiger partial charge in [0.15, 0.2) is 19.5 Å². The van der Waals surface area contributed by atoms with Crippen LogP contribution in [0.4, 0.5) is 0 Å². The minimum absolute atomic E-state index is 0.138. The summed E-state index contributed by atoms with van der Waals surface area (Å²) in [7, 11) is -1.14. The molecule has 0 saturated heterocycles. The zero-order valence-electron chi connectivity index (χ0n) is 20.9. The van der Waals surface area contributed by atoms with E-state index in [1.54, 1.807) is 11.3 Å². The number of hydrogen-bond donors (Lipinski definition) is 0. The Labute approximate surface area is 198 Å². The fourth-order valence-corrected chi connectivity index (χ4v) is 6.41. The number of allylic oxidation sites excluding steroid dienone is 3. The van der Waals surface area contributed by atoms with Crippen LogP contribution in [0.25, 0.3) is 6.08 Å². The maximum Gasteiger partial charge on any atom is 0.161 e. The van der Waals surface area contributed by atoms with Crippen molar-refractivity contribution in [3.05, 3.63) is 33.3 Å². The zero-order chi connectivity index (χ0) is 23.4. The maximum atomic E-state index is 10.9. The van der Waals surface area contributed by atoms with Gasteiger partial charge in [-0.3, -0.25) is 0 Å². The first-order valence-electron chi connectivity index (χ1n) is 11.6. The third-order valence-corrected chi connectivity index (χ3v) is 7.93. The van der Waals surface area contributed by atoms with E-state index in [0.29, 0.717) is 5.92 Å². The minimum Gasteiger partial charge on any atom is -0.400 e. The molecule has 4 nitrogen and oxygen atoms in total. The van der Waals surface area contributed by atoms with Gasteiger partial charge in [0.25, 0.3) is 0 Å². The van der Waals surface area contributed by atoms with Gasteiger partial charge in [0.1, 0.15) is 12.6 Å². The van der Waals surface area contributed by atoms with E-state index in [4.69, 9.17) is 8.85 Å². The Bertz CT molecular complexity index is 724. The van der Waals surface area contributed by atoms with Crippen molar-refractivity contribution in [3.63, 3.8) is 0 Å². The Morgan fingerprint density at radius 3 is 2.42 bits per heavy atom. The van der Waals surface area contributed by atoms with Gasteiger partial charge in [-0.05, 0) is 58.4 Å². The molecule has 0 aromatic carbocycles. The van der Waals surface area contributed by atoms with Crippen molar-refractivity contribution in [2.45, 2.75) is 86.6 Å². The highest BCUT2D eigenvalue weighted by atomic mass is 32.1. The van der Waals surface area contributed by atoms with Gasteiger partial charge in [-0.15, -0.1) is 11.3 Å². The number of carbonyl (C=O) groups is 1. The van der Waals surface area contributed by atoms with Gasteiger partial charge in [-0.1, -0.05) is 51.1 Å². The van der Waals surface area contributed by atoms with Crippen LogP contribution in [-0.4, -0.2) is 37.1 Å². The van der Waals surface area contributed by atoms with Crippen LogP contribution in [0.5, 0.6) is 0 Å². The van der Waals surface area contributed by atoms with Crippen LogP contribution in [0.15, 0.2) is 22.6 Å². The van der Waals surface area contributed by atoms with E-state index in [1.165, 1.54) is 11.1 Å². The van der Waals surface area contributed by atoms with Crippen molar-refractivity contribution in [2.24, 2.45) is 17.3 Å². The van der Waals surface area contributed by atoms with Gasteiger partial charge < -0.3 is 13.6 Å². The first-order chi connectivity index (χ1) is 14.6. The van der Waals surface area contributed by atoms with Gasteiger partial charge in [0.05, 0.1) is 10.7 Å². The van der Waals surface area contributed by atoms with E-state index >= 15 is 0 Å². The van der Waals surface area contributed by atoms with Crippen molar-refractivity contribution in [1.82, 2.24) is 4.98 Å². The lowest BCUT2D eigenvalue weighted by Crippen LogP contribution is -2.42. The Kier molecular flexibility index (Phi) is 13.0. The molecule has 0 aliphatic rings. The second-order valence-electron chi connectivity index (χ2n) is 9.09. The average Bonchev–Trinajstić information content (AvgIpc) is 3.12. The molecule has 1 heterocycles. The lowest BCUT2D eigenvalue weighted by Gasteiger charge is -2.41. The standard InChI is InChI=1S/C24H43NO3SSi2/c1-17(10-9-11-18(2)15-26)12-13-22(19(3)14-21-16-29-20(4)25-21)24(5,6)23(27-30-7)28-31-8/h12,14-16,18,22-23H,9-11,13,30-31H2,1-8H3/t18-,22?/m0/s1. The molecule has 176 valence electrons. The summed E-state index contributed by atoms with van der Waals surface area (Å²) >= 11 is 1.69. The van der Waals surface area contributed by atoms with Crippen LogP contribution in [0.2, 0.25) is 13.1 Å². The Morgan fingerprint density at radius 2 is 1.90 bits per heavy atom. The van der Waals surface area contributed by atoms with Gasteiger partial charge in [0.2, 0.25) is 0 Å². The summed E-state index contributed by atoms with van der Waals surface area (Å²) in [5, 5.41) is 3.22. The molecule has 0 radical (unpaired) electrons. The first kappa shape index (κ1) is 28.2. The zero-order valence-corrected chi connectivity index (χ0v) is 24.5. The molecule has 0 bridgehead atoms. The molecule has 0 aliphatic carbocycles. The largest absolute Gasteiger partial charge is 0.400 e. The normalized spacial score (nSPS) is 17.0. The van der Waals surface area contributed by atoms with E-state index in [0.717, 1.165) is 42.7 Å². The third-order valence-electron chi connectivity index (χ3n) is 5.87. The van der Waals surface area contributed by atoms with Crippen LogP contribution in [-0.2, 0) is 13.6 Å². The van der Waals surface area contributed by atoms with Crippen LogP contribution >= 0.6 is 11.3 Å². The quantitative estimate of drug-likeness (QED) is 0.144. The smallest absolute Gasteiger partial charge is 0.161 e. The highest BCUT2D eigenvalue weighted by Crippen LogP contribution is 2.41. The Balaban J connectivity index is 3.10. The lowest BCUT2D eigenvalue weighted by molar-refractivity contribution is -0.110. The third kappa shape index (κ3) is 9.66. The van der Waals surface area contributed by atoms with Crippen molar-refractivity contribution in [3.8, 4) is 0 Å². The summed E-state index contributed by atoms with van der Waals surface area (Å²) in [5.41, 5.74) is 3.61. The number of nitrogens with zero attached hydrogens (tertiary/aromatic N) is 1. The maximum absolute atomic E-state index is 10.9. The number of carbonyl (C=O) groups excluding carboxylic acids is 1. The van der Waals surface area contributed by atoms with E-state index < -0.39 is 19.5 Å². The molecule has 1 unspecified atom stereocenters. The number of thiazole rings is 1. The monoisotopic (exact) mass is 481 g/mol. The van der Waals surface area contributed by atoms with E-state index in [-0.39, 0.29) is 17.6 Å². The van der Waals surface area contributed by atoms with Crippen LogP contribution in [0.3, 0.4) is 0 Å². The highest BCUT2D eigenvalue weighted by molar-refractivity contribution is 7.09. The van der Waals surface area contributed by atoms with E-state index in [2.05, 4.69) is 63.3 Å². The van der Waals surface area contributed by atoms with Gasteiger partial charge in [-0.25, -0.2) is 4.98 Å². The predicted octanol–water partition coefficient (Wildman–Crippen LogP) is 5.46. The Morgan fingerprint density at radius 1 is 1.26 bits per heavy atom. The van der Waals surface area contributed by atoms with E-state index in [1.807, 2.05) is 13.8 Å². The van der Waals surface area contributed by atoms with Crippen molar-refractivity contribution in [1.29, 1.82) is 0 Å². The van der Waals surface area contributed by atoms with Gasteiger partial charge in [0, 0.05) is 16.7 Å². The van der Waals surface area contributed by atoms with Crippen LogP contribution in [0, 0.1) is 24.2 Å². The van der Waals surface area contributed by atoms with Gasteiger partial charge in [-0.2, -0.15) is 0 Å². The number of aryl methyl sites for hydroxylation is 1. The number of aromatic nitrogens is 1. The summed E-state index contributed by atoms with van der Waals surface area (Å²) in [4.78, 5) is 15.5. The summed E-state index contributed by atoms with van der Waals surface area (Å²) in [6.07, 6.45) is 9.53. The predicted molar refractivity (Wildman–Crippen MR) is 140 cm³/mol. The molecule has 0 N–H and O–H groups in total. The fourth-order valence-electron chi connectivity index (χ4n) is 3.99. The molecule has 0 spiro atoms. The van der Waals surface area contributed by atoms with Gasteiger partial charge >= 0.3 is 0 Å². The summed E-state index contributed by atoms with van der Waals surface area (Å²) in [6.45, 7) is 17.4. The minimum atomic E-state index is -0.572. The van der Waals surface area contributed by atoms with Crippen molar-refractivity contribution < 1.29 is 13.6 Å². The van der Waals surface area contributed by atoms with E-state index in [9.17, 15) is 4.79 Å². The number of aldehydes is 1. The molecule has 7 heteroatoms. The molecule has 0 saturated carbocycles. The second kappa shape index (κ2) is 14.3. The summed E-state index contributed by atoms with van der Waals surface area (Å²) in [5.74, 6) is 0.446. The summed E-state index contributed by atoms with van der Waals surface area (Å²) in [6, 6.07) is 0. The molecule has 0 amide bonds. The lowest BCUT2D eigenvalue weighted by atomic mass is 9.72. The van der Waals surface area contributed by atoms with Crippen LogP contribution < -0.4 is 0 Å². The number of hydrogen-bond acceptors (Lipinski definition) is 5. The molecular formula is C24H43NO3SSi2. The molecule has 1 aromatic rings. The SMILES string of the molecule is C[SiH2]OC(O[SiH2]C)C(C)(C)C(CC=C(C)CCC[C@H](C)C=O)C(C)=Cc1csc(C)n1.